The number of amides is 1. The van der Waals surface area contributed by atoms with Crippen LogP contribution in [0.25, 0.3) is 0 Å². The minimum absolute atomic E-state index is 0. The average Bonchev–Trinajstić information content (AvgIpc) is 3.11. The molecule has 3 N–H and O–H groups in total. The highest BCUT2D eigenvalue weighted by Crippen LogP contribution is 2.27. The van der Waals surface area contributed by atoms with Crippen LogP contribution in [0.1, 0.15) is 38.2 Å². The van der Waals surface area contributed by atoms with E-state index in [0.29, 0.717) is 0 Å². The Morgan fingerprint density at radius 2 is 1.96 bits per heavy atom. The fourth-order valence-corrected chi connectivity index (χ4v) is 4.03. The lowest BCUT2D eigenvalue weighted by atomic mass is 9.96. The highest BCUT2D eigenvalue weighted by molar-refractivity contribution is 14.0. The molecule has 0 bridgehead atoms. The number of guanidine groups is 1. The van der Waals surface area contributed by atoms with Crippen LogP contribution in [0, 0.1) is 5.92 Å². The van der Waals surface area contributed by atoms with Gasteiger partial charge in [0.05, 0.1) is 0 Å². The first-order valence-corrected chi connectivity index (χ1v) is 10.3. The minimum atomic E-state index is -0.136. The van der Waals surface area contributed by atoms with E-state index in [1.54, 1.807) is 0 Å². The fraction of sp³-hybridized carbons (Fsp3) is 0.619. The number of carbonyl (C=O) groups is 1. The summed E-state index contributed by atoms with van der Waals surface area (Å²) < 4.78 is 0. The Kier molecular flexibility index (Phi) is 9.50. The molecule has 2 heterocycles. The number of aliphatic imine (C=N–C) groups is 1. The van der Waals surface area contributed by atoms with Crippen LogP contribution in [-0.4, -0.2) is 56.0 Å². The summed E-state index contributed by atoms with van der Waals surface area (Å²) >= 11 is 0. The molecule has 0 aliphatic carbocycles. The Labute approximate surface area is 186 Å². The summed E-state index contributed by atoms with van der Waals surface area (Å²) in [5, 5.41) is 3.44. The molecule has 1 aromatic carbocycles. The molecule has 7 heteroatoms. The minimum Gasteiger partial charge on any atom is -0.369 e. The molecule has 0 radical (unpaired) electrons. The molecule has 2 aliphatic heterocycles. The predicted octanol–water partition coefficient (Wildman–Crippen LogP) is 2.61. The molecule has 3 rings (SSSR count). The number of piperidine rings is 1. The third-order valence-corrected chi connectivity index (χ3v) is 5.61. The zero-order valence-electron chi connectivity index (χ0n) is 16.9. The molecule has 0 spiro atoms. The number of nitrogens with zero attached hydrogens (tertiary/aromatic N) is 3. The number of hydrogen-bond acceptors (Lipinski definition) is 3. The molecule has 28 heavy (non-hydrogen) atoms. The monoisotopic (exact) mass is 499 g/mol. The lowest BCUT2D eigenvalue weighted by molar-refractivity contribution is -0.123. The second kappa shape index (κ2) is 11.6. The van der Waals surface area contributed by atoms with Crippen LogP contribution < -0.4 is 16.0 Å². The molecule has 2 aliphatic rings. The number of para-hydroxylation sites is 1. The highest BCUT2D eigenvalue weighted by Gasteiger charge is 2.23. The van der Waals surface area contributed by atoms with E-state index in [4.69, 9.17) is 10.7 Å². The summed E-state index contributed by atoms with van der Waals surface area (Å²) in [4.78, 5) is 20.9. The van der Waals surface area contributed by atoms with E-state index in [1.165, 1.54) is 11.3 Å². The summed E-state index contributed by atoms with van der Waals surface area (Å²) in [7, 11) is 0. The van der Waals surface area contributed by atoms with Gasteiger partial charge in [-0.05, 0) is 70.3 Å². The molecular weight excluding hydrogens is 465 g/mol. The third-order valence-electron chi connectivity index (χ3n) is 5.61. The van der Waals surface area contributed by atoms with E-state index in [0.717, 1.165) is 77.3 Å². The Bertz CT molecular complexity index is 658. The number of hydrogen-bond donors (Lipinski definition) is 2. The Balaban J connectivity index is 0.00000280. The van der Waals surface area contributed by atoms with Gasteiger partial charge in [0.25, 0.3) is 0 Å². The van der Waals surface area contributed by atoms with Crippen LogP contribution in [0.5, 0.6) is 0 Å². The van der Waals surface area contributed by atoms with Gasteiger partial charge in [-0.2, -0.15) is 0 Å². The van der Waals surface area contributed by atoms with E-state index >= 15 is 0 Å². The van der Waals surface area contributed by atoms with Crippen molar-refractivity contribution in [2.75, 3.05) is 44.2 Å². The van der Waals surface area contributed by atoms with E-state index in [9.17, 15) is 4.79 Å². The van der Waals surface area contributed by atoms with Crippen molar-refractivity contribution >= 4 is 41.5 Å². The molecule has 0 saturated carbocycles. The van der Waals surface area contributed by atoms with Crippen molar-refractivity contribution in [3.05, 3.63) is 29.8 Å². The van der Waals surface area contributed by atoms with Gasteiger partial charge < -0.3 is 20.9 Å². The fourth-order valence-electron chi connectivity index (χ4n) is 4.03. The number of halogens is 1. The van der Waals surface area contributed by atoms with Gasteiger partial charge in [0.1, 0.15) is 0 Å². The molecule has 1 amide bonds. The number of anilines is 1. The van der Waals surface area contributed by atoms with Gasteiger partial charge in [-0.3, -0.25) is 9.79 Å². The predicted molar refractivity (Wildman–Crippen MR) is 126 cm³/mol. The first-order chi connectivity index (χ1) is 13.2. The summed E-state index contributed by atoms with van der Waals surface area (Å²) in [6.45, 7) is 7.91. The largest absolute Gasteiger partial charge is 0.369 e. The van der Waals surface area contributed by atoms with Gasteiger partial charge in [-0.15, -0.1) is 24.0 Å². The van der Waals surface area contributed by atoms with Crippen molar-refractivity contribution < 1.29 is 4.79 Å². The van der Waals surface area contributed by atoms with Gasteiger partial charge in [-0.25, -0.2) is 0 Å². The molecule has 0 atom stereocenters. The zero-order chi connectivity index (χ0) is 19.1. The van der Waals surface area contributed by atoms with Crippen molar-refractivity contribution in [1.82, 2.24) is 10.2 Å². The number of likely N-dealkylation sites (tertiary alicyclic amines) is 1. The Morgan fingerprint density at radius 3 is 2.68 bits per heavy atom. The first kappa shape index (κ1) is 22.9. The summed E-state index contributed by atoms with van der Waals surface area (Å²) in [5.74, 6) is 0.949. The van der Waals surface area contributed by atoms with Crippen LogP contribution in [-0.2, 0) is 11.2 Å². The average molecular weight is 499 g/mol. The lowest BCUT2D eigenvalue weighted by Crippen LogP contribution is -2.40. The van der Waals surface area contributed by atoms with Crippen LogP contribution >= 0.6 is 24.0 Å². The van der Waals surface area contributed by atoms with E-state index < -0.39 is 0 Å². The standard InChI is InChI=1S/C21H33N5O.HI/c1-2-23-21(26-16-11-17-7-3-4-8-19(17)26)24-12-5-6-13-25-14-9-18(10-15-25)20(22)27;/h3-4,7-8,18H,2,5-6,9-16H2,1H3,(H2,22,27)(H,23,24);1H. The maximum absolute atomic E-state index is 11.2. The van der Waals surface area contributed by atoms with Gasteiger partial charge >= 0.3 is 0 Å². The number of rotatable bonds is 7. The second-order valence-corrected chi connectivity index (χ2v) is 7.49. The number of carbonyl (C=O) groups excluding carboxylic acids is 1. The quantitative estimate of drug-likeness (QED) is 0.262. The molecular formula is C21H34IN5O. The molecule has 1 aromatic rings. The molecule has 0 aromatic heterocycles. The molecule has 6 nitrogen and oxygen atoms in total. The van der Waals surface area contributed by atoms with Crippen LogP contribution in [0.3, 0.4) is 0 Å². The van der Waals surface area contributed by atoms with Gasteiger partial charge in [0.15, 0.2) is 5.96 Å². The van der Waals surface area contributed by atoms with E-state index in [2.05, 4.69) is 46.3 Å². The molecule has 1 saturated heterocycles. The van der Waals surface area contributed by atoms with Gasteiger partial charge in [-0.1, -0.05) is 18.2 Å². The molecule has 0 unspecified atom stereocenters. The lowest BCUT2D eigenvalue weighted by Gasteiger charge is -2.30. The van der Waals surface area contributed by atoms with E-state index in [1.807, 2.05) is 0 Å². The number of primary amides is 1. The SMILES string of the molecule is CCNC(=NCCCCN1CCC(C(N)=O)CC1)N1CCc2ccccc21.I. The number of unbranched alkanes of at least 4 members (excludes halogenated alkanes) is 1. The van der Waals surface area contributed by atoms with Crippen LogP contribution in [0.4, 0.5) is 5.69 Å². The normalized spacial score (nSPS) is 17.9. The van der Waals surface area contributed by atoms with Crippen molar-refractivity contribution in [3.8, 4) is 0 Å². The van der Waals surface area contributed by atoms with E-state index in [-0.39, 0.29) is 35.8 Å². The topological polar surface area (TPSA) is 74.0 Å². The zero-order valence-corrected chi connectivity index (χ0v) is 19.2. The highest BCUT2D eigenvalue weighted by atomic mass is 127. The maximum atomic E-state index is 11.2. The molecule has 1 fully saturated rings. The molecule has 156 valence electrons. The second-order valence-electron chi connectivity index (χ2n) is 7.49. The van der Waals surface area contributed by atoms with Gasteiger partial charge in [0.2, 0.25) is 5.91 Å². The van der Waals surface area contributed by atoms with Crippen molar-refractivity contribution in [2.45, 2.75) is 39.0 Å². The number of benzene rings is 1. The number of nitrogens with two attached hydrogens (primary N) is 1. The maximum Gasteiger partial charge on any atom is 0.220 e. The van der Waals surface area contributed by atoms with Gasteiger partial charge in [0, 0.05) is 31.2 Å². The summed E-state index contributed by atoms with van der Waals surface area (Å²) in [6, 6.07) is 8.60. The van der Waals surface area contributed by atoms with Crippen molar-refractivity contribution in [1.29, 1.82) is 0 Å². The number of nitrogens with one attached hydrogen (secondary N) is 1. The van der Waals surface area contributed by atoms with Crippen molar-refractivity contribution in [2.24, 2.45) is 16.6 Å². The number of fused-ring (bicyclic) bond motifs is 1. The third kappa shape index (κ3) is 6.07. The Hall–Kier alpha value is -1.35. The summed E-state index contributed by atoms with van der Waals surface area (Å²) in [6.07, 6.45) is 5.13. The smallest absolute Gasteiger partial charge is 0.220 e. The van der Waals surface area contributed by atoms with Crippen molar-refractivity contribution in [3.63, 3.8) is 0 Å². The van der Waals surface area contributed by atoms with Crippen LogP contribution in [0.2, 0.25) is 0 Å². The van der Waals surface area contributed by atoms with Crippen LogP contribution in [0.15, 0.2) is 29.3 Å². The first-order valence-electron chi connectivity index (χ1n) is 10.3. The summed E-state index contributed by atoms with van der Waals surface area (Å²) in [5.41, 5.74) is 8.10. The Morgan fingerprint density at radius 1 is 1.21 bits per heavy atom.